The first kappa shape index (κ1) is 17.7. The van der Waals surface area contributed by atoms with Crippen molar-refractivity contribution in [1.82, 2.24) is 9.97 Å². The fraction of sp³-hybridized carbons (Fsp3) is 0.750. The van der Waals surface area contributed by atoms with Gasteiger partial charge in [-0.1, -0.05) is 27.7 Å². The number of nitrogens with zero attached hydrogens (tertiary/aromatic N) is 2. The van der Waals surface area contributed by atoms with Crippen molar-refractivity contribution < 1.29 is 9.47 Å². The Bertz CT molecular complexity index is 409. The summed E-state index contributed by atoms with van der Waals surface area (Å²) in [5.41, 5.74) is 0. The minimum atomic E-state index is 0.500. The number of hydrogen-bond acceptors (Lipinski definition) is 5. The number of nitrogens with one attached hydrogen (secondary N) is 1. The summed E-state index contributed by atoms with van der Waals surface area (Å²) in [5.74, 6) is 3.47. The summed E-state index contributed by atoms with van der Waals surface area (Å²) in [6, 6.07) is 1.86. The molecule has 1 N–H and O–H groups in total. The van der Waals surface area contributed by atoms with Gasteiger partial charge in [-0.2, -0.15) is 4.98 Å². The lowest BCUT2D eigenvalue weighted by atomic mass is 10.1. The average Bonchev–Trinajstić information content (AvgIpc) is 2.37. The predicted molar refractivity (Wildman–Crippen MR) is 85.9 cm³/mol. The van der Waals surface area contributed by atoms with Crippen molar-refractivity contribution in [1.29, 1.82) is 0 Å². The first-order chi connectivity index (χ1) is 10.0. The van der Waals surface area contributed by atoms with Gasteiger partial charge < -0.3 is 14.8 Å². The van der Waals surface area contributed by atoms with E-state index in [2.05, 4.69) is 43.0 Å². The number of methoxy groups -OCH3 is 1. The Morgan fingerprint density at radius 2 is 1.86 bits per heavy atom. The van der Waals surface area contributed by atoms with Crippen LogP contribution in [0.3, 0.4) is 0 Å². The number of aromatic nitrogens is 2. The molecule has 120 valence electrons. The smallest absolute Gasteiger partial charge is 0.218 e. The van der Waals surface area contributed by atoms with Crippen molar-refractivity contribution in [3.05, 3.63) is 11.9 Å². The SMILES string of the molecule is COCCOc1cc(NCCC(C)C)nc(CC(C)C)n1. The highest BCUT2D eigenvalue weighted by molar-refractivity contribution is 5.38. The quantitative estimate of drug-likeness (QED) is 0.672. The maximum absolute atomic E-state index is 5.62. The van der Waals surface area contributed by atoms with E-state index in [-0.39, 0.29) is 0 Å². The highest BCUT2D eigenvalue weighted by Crippen LogP contribution is 2.16. The van der Waals surface area contributed by atoms with Crippen LogP contribution in [0.4, 0.5) is 5.82 Å². The van der Waals surface area contributed by atoms with Crippen LogP contribution in [0, 0.1) is 11.8 Å². The van der Waals surface area contributed by atoms with E-state index in [9.17, 15) is 0 Å². The molecule has 1 aromatic heterocycles. The fourth-order valence-corrected chi connectivity index (χ4v) is 1.81. The van der Waals surface area contributed by atoms with Crippen LogP contribution in [0.5, 0.6) is 5.88 Å². The molecule has 0 aliphatic heterocycles. The molecular weight excluding hydrogens is 266 g/mol. The Morgan fingerprint density at radius 1 is 1.10 bits per heavy atom. The number of ether oxygens (including phenoxy) is 2. The van der Waals surface area contributed by atoms with Gasteiger partial charge >= 0.3 is 0 Å². The molecule has 1 heterocycles. The molecular formula is C16H29N3O2. The molecule has 1 aromatic rings. The molecule has 0 amide bonds. The largest absolute Gasteiger partial charge is 0.475 e. The summed E-state index contributed by atoms with van der Waals surface area (Å²) in [4.78, 5) is 9.02. The zero-order valence-electron chi connectivity index (χ0n) is 14.0. The molecule has 0 bridgehead atoms. The van der Waals surface area contributed by atoms with E-state index in [1.165, 1.54) is 0 Å². The van der Waals surface area contributed by atoms with Crippen LogP contribution in [0.2, 0.25) is 0 Å². The predicted octanol–water partition coefficient (Wildman–Crippen LogP) is 3.16. The zero-order chi connectivity index (χ0) is 15.7. The Morgan fingerprint density at radius 3 is 2.48 bits per heavy atom. The van der Waals surface area contributed by atoms with Gasteiger partial charge in [0.15, 0.2) is 0 Å². The third kappa shape index (κ3) is 7.85. The van der Waals surface area contributed by atoms with Crippen LogP contribution in [0.25, 0.3) is 0 Å². The van der Waals surface area contributed by atoms with Crippen LogP contribution in [-0.2, 0) is 11.2 Å². The molecule has 0 atom stereocenters. The second-order valence-corrected chi connectivity index (χ2v) is 6.06. The summed E-state index contributed by atoms with van der Waals surface area (Å²) in [7, 11) is 1.66. The van der Waals surface area contributed by atoms with Crippen molar-refractivity contribution in [2.45, 2.75) is 40.5 Å². The summed E-state index contributed by atoms with van der Waals surface area (Å²) < 4.78 is 10.6. The summed E-state index contributed by atoms with van der Waals surface area (Å²) in [6.45, 7) is 10.7. The maximum Gasteiger partial charge on any atom is 0.218 e. The van der Waals surface area contributed by atoms with Gasteiger partial charge in [-0.15, -0.1) is 0 Å². The van der Waals surface area contributed by atoms with Crippen LogP contribution in [0.1, 0.15) is 39.9 Å². The Labute approximate surface area is 128 Å². The van der Waals surface area contributed by atoms with E-state index in [1.807, 2.05) is 6.07 Å². The van der Waals surface area contributed by atoms with Gasteiger partial charge in [-0.05, 0) is 18.3 Å². The molecule has 0 saturated carbocycles. The number of hydrogen-bond donors (Lipinski definition) is 1. The minimum absolute atomic E-state index is 0.500. The van der Waals surface area contributed by atoms with Gasteiger partial charge in [-0.25, -0.2) is 4.98 Å². The first-order valence-electron chi connectivity index (χ1n) is 7.74. The van der Waals surface area contributed by atoms with Crippen molar-refractivity contribution in [3.63, 3.8) is 0 Å². The summed E-state index contributed by atoms with van der Waals surface area (Å²) in [6.07, 6.45) is 1.96. The standard InChI is InChI=1S/C16H29N3O2/c1-12(2)6-7-17-14-11-16(21-9-8-20-5)19-15(18-14)10-13(3)4/h11-13H,6-10H2,1-5H3,(H,17,18,19). The summed E-state index contributed by atoms with van der Waals surface area (Å²) >= 11 is 0. The van der Waals surface area contributed by atoms with Gasteiger partial charge in [0.25, 0.3) is 0 Å². The maximum atomic E-state index is 5.62. The van der Waals surface area contributed by atoms with Crippen LogP contribution in [0.15, 0.2) is 6.07 Å². The van der Waals surface area contributed by atoms with E-state index in [4.69, 9.17) is 9.47 Å². The Kier molecular flexibility index (Phi) is 8.05. The third-order valence-electron chi connectivity index (χ3n) is 2.90. The van der Waals surface area contributed by atoms with Gasteiger partial charge in [0.05, 0.1) is 6.61 Å². The molecule has 0 spiro atoms. The Hall–Kier alpha value is -1.36. The van der Waals surface area contributed by atoms with Crippen molar-refractivity contribution in [2.75, 3.05) is 32.2 Å². The van der Waals surface area contributed by atoms with Gasteiger partial charge in [0.1, 0.15) is 18.2 Å². The van der Waals surface area contributed by atoms with Crippen molar-refractivity contribution >= 4 is 5.82 Å². The van der Waals surface area contributed by atoms with E-state index in [0.29, 0.717) is 30.9 Å². The lowest BCUT2D eigenvalue weighted by molar-refractivity contribution is 0.143. The second kappa shape index (κ2) is 9.55. The van der Waals surface area contributed by atoms with Crippen LogP contribution < -0.4 is 10.1 Å². The monoisotopic (exact) mass is 295 g/mol. The van der Waals surface area contributed by atoms with Crippen molar-refractivity contribution in [3.8, 4) is 5.88 Å². The normalized spacial score (nSPS) is 11.2. The first-order valence-corrected chi connectivity index (χ1v) is 7.74. The molecule has 21 heavy (non-hydrogen) atoms. The number of rotatable bonds is 10. The molecule has 0 aliphatic rings. The molecule has 0 radical (unpaired) electrons. The summed E-state index contributed by atoms with van der Waals surface area (Å²) in [5, 5.41) is 3.36. The third-order valence-corrected chi connectivity index (χ3v) is 2.90. The van der Waals surface area contributed by atoms with E-state index in [0.717, 1.165) is 31.0 Å². The zero-order valence-corrected chi connectivity index (χ0v) is 14.0. The van der Waals surface area contributed by atoms with E-state index >= 15 is 0 Å². The molecule has 0 aromatic carbocycles. The molecule has 5 nitrogen and oxygen atoms in total. The lowest BCUT2D eigenvalue weighted by Gasteiger charge is -2.12. The van der Waals surface area contributed by atoms with E-state index in [1.54, 1.807) is 7.11 Å². The average molecular weight is 295 g/mol. The van der Waals surface area contributed by atoms with Gasteiger partial charge in [0.2, 0.25) is 5.88 Å². The Balaban J connectivity index is 2.71. The second-order valence-electron chi connectivity index (χ2n) is 6.06. The topological polar surface area (TPSA) is 56.3 Å². The molecule has 1 rings (SSSR count). The molecule has 0 fully saturated rings. The van der Waals surface area contributed by atoms with Crippen LogP contribution >= 0.6 is 0 Å². The molecule has 0 aliphatic carbocycles. The fourth-order valence-electron chi connectivity index (χ4n) is 1.81. The van der Waals surface area contributed by atoms with Crippen molar-refractivity contribution in [2.24, 2.45) is 11.8 Å². The molecule has 5 heteroatoms. The molecule has 0 unspecified atom stereocenters. The highest BCUT2D eigenvalue weighted by atomic mass is 16.5. The van der Waals surface area contributed by atoms with E-state index < -0.39 is 0 Å². The van der Waals surface area contributed by atoms with Gasteiger partial charge in [0, 0.05) is 26.1 Å². The van der Waals surface area contributed by atoms with Crippen LogP contribution in [-0.4, -0.2) is 36.8 Å². The minimum Gasteiger partial charge on any atom is -0.475 e. The lowest BCUT2D eigenvalue weighted by Crippen LogP contribution is -2.11. The molecule has 0 saturated heterocycles. The highest BCUT2D eigenvalue weighted by Gasteiger charge is 2.08. The number of anilines is 1. The van der Waals surface area contributed by atoms with Gasteiger partial charge in [-0.3, -0.25) is 0 Å².